The molecule has 0 unspecified atom stereocenters. The van der Waals surface area contributed by atoms with Crippen molar-refractivity contribution in [3.8, 4) is 11.5 Å². The Morgan fingerprint density at radius 2 is 1.85 bits per heavy atom. The summed E-state index contributed by atoms with van der Waals surface area (Å²) in [5.41, 5.74) is 1.50. The van der Waals surface area contributed by atoms with E-state index in [1.807, 2.05) is 48.2 Å². The number of para-hydroxylation sites is 1. The van der Waals surface area contributed by atoms with Crippen LogP contribution in [0.1, 0.15) is 17.3 Å². The number of amides is 1. The first kappa shape index (κ1) is 16.8. The summed E-state index contributed by atoms with van der Waals surface area (Å²) in [6.07, 6.45) is 0. The van der Waals surface area contributed by atoms with Gasteiger partial charge in [0.2, 0.25) is 6.79 Å². The average molecular weight is 362 g/mol. The molecule has 7 nitrogen and oxygen atoms in total. The second kappa shape index (κ2) is 7.33. The molecule has 1 aliphatic rings. The smallest absolute Gasteiger partial charge is 0.257 e. The number of fused-ring (bicyclic) bond motifs is 1. The molecule has 7 heteroatoms. The zero-order chi connectivity index (χ0) is 18.6. The van der Waals surface area contributed by atoms with Gasteiger partial charge in [0.05, 0.1) is 0 Å². The summed E-state index contributed by atoms with van der Waals surface area (Å²) >= 11 is 0. The topological polar surface area (TPSA) is 76.6 Å². The van der Waals surface area contributed by atoms with E-state index >= 15 is 0 Å². The molecule has 3 aromatic rings. The van der Waals surface area contributed by atoms with Gasteiger partial charge in [0, 0.05) is 17.8 Å². The van der Waals surface area contributed by atoms with Gasteiger partial charge >= 0.3 is 0 Å². The number of hydrogen-bond donors (Lipinski definition) is 1. The molecular formula is C20H18N4O3. The van der Waals surface area contributed by atoms with Crippen LogP contribution in [-0.4, -0.2) is 29.4 Å². The van der Waals surface area contributed by atoms with Gasteiger partial charge in [-0.2, -0.15) is 0 Å². The number of rotatable bonds is 5. The Morgan fingerprint density at radius 1 is 1.04 bits per heavy atom. The second-order valence-electron chi connectivity index (χ2n) is 5.88. The minimum absolute atomic E-state index is 0.169. The van der Waals surface area contributed by atoms with E-state index in [1.54, 1.807) is 24.3 Å². The van der Waals surface area contributed by atoms with E-state index in [0.717, 1.165) is 12.2 Å². The molecule has 27 heavy (non-hydrogen) atoms. The van der Waals surface area contributed by atoms with Crippen molar-refractivity contribution in [2.75, 3.05) is 23.6 Å². The molecular weight excluding hydrogens is 344 g/mol. The van der Waals surface area contributed by atoms with E-state index in [4.69, 9.17) is 9.47 Å². The summed E-state index contributed by atoms with van der Waals surface area (Å²) in [4.78, 5) is 14.5. The number of nitrogens with zero attached hydrogens (tertiary/aromatic N) is 3. The van der Waals surface area contributed by atoms with Crippen molar-refractivity contribution in [3.63, 3.8) is 0 Å². The second-order valence-corrected chi connectivity index (χ2v) is 5.88. The summed E-state index contributed by atoms with van der Waals surface area (Å²) in [5, 5.41) is 11.1. The van der Waals surface area contributed by atoms with Crippen LogP contribution >= 0.6 is 0 Å². The summed E-state index contributed by atoms with van der Waals surface area (Å²) in [7, 11) is 0. The fourth-order valence-electron chi connectivity index (χ4n) is 2.85. The van der Waals surface area contributed by atoms with E-state index in [9.17, 15) is 4.79 Å². The van der Waals surface area contributed by atoms with Gasteiger partial charge in [-0.25, -0.2) is 0 Å². The van der Waals surface area contributed by atoms with Crippen molar-refractivity contribution in [1.82, 2.24) is 10.2 Å². The van der Waals surface area contributed by atoms with Gasteiger partial charge in [-0.15, -0.1) is 10.2 Å². The molecule has 1 aromatic heterocycles. The van der Waals surface area contributed by atoms with Crippen LogP contribution in [0, 0.1) is 0 Å². The molecule has 0 aliphatic carbocycles. The maximum absolute atomic E-state index is 12.4. The first-order valence-corrected chi connectivity index (χ1v) is 8.62. The van der Waals surface area contributed by atoms with Crippen molar-refractivity contribution in [3.05, 3.63) is 66.2 Å². The molecule has 2 aromatic carbocycles. The van der Waals surface area contributed by atoms with Gasteiger partial charge in [-0.3, -0.25) is 4.79 Å². The maximum atomic E-state index is 12.4. The zero-order valence-corrected chi connectivity index (χ0v) is 14.8. The minimum Gasteiger partial charge on any atom is -0.454 e. The lowest BCUT2D eigenvalue weighted by Crippen LogP contribution is -2.18. The van der Waals surface area contributed by atoms with Crippen LogP contribution in [0.15, 0.2) is 60.7 Å². The standard InChI is InChI=1S/C20H18N4O3/c1-2-24(15-6-4-3-5-7-15)19-11-10-18(22-23-19)21-20(25)14-8-9-16-17(12-14)27-13-26-16/h3-12H,2,13H2,1H3,(H,21,22,25). The summed E-state index contributed by atoms with van der Waals surface area (Å²) < 4.78 is 10.6. The van der Waals surface area contributed by atoms with Crippen LogP contribution in [0.5, 0.6) is 11.5 Å². The number of anilines is 3. The normalized spacial score (nSPS) is 11.9. The highest BCUT2D eigenvalue weighted by Gasteiger charge is 2.17. The molecule has 0 saturated carbocycles. The van der Waals surface area contributed by atoms with Gasteiger partial charge in [-0.05, 0) is 49.4 Å². The van der Waals surface area contributed by atoms with Crippen LogP contribution in [0.2, 0.25) is 0 Å². The molecule has 1 amide bonds. The third-order valence-electron chi connectivity index (χ3n) is 4.19. The minimum atomic E-state index is -0.286. The monoisotopic (exact) mass is 362 g/mol. The fourth-order valence-corrected chi connectivity index (χ4v) is 2.85. The van der Waals surface area contributed by atoms with E-state index in [0.29, 0.717) is 28.7 Å². The zero-order valence-electron chi connectivity index (χ0n) is 14.8. The Labute approximate surface area is 156 Å². The van der Waals surface area contributed by atoms with Crippen LogP contribution in [0.4, 0.5) is 17.3 Å². The Hall–Kier alpha value is -3.61. The molecule has 4 rings (SSSR count). The highest BCUT2D eigenvalue weighted by molar-refractivity contribution is 6.04. The van der Waals surface area contributed by atoms with Crippen molar-refractivity contribution in [1.29, 1.82) is 0 Å². The highest BCUT2D eigenvalue weighted by Crippen LogP contribution is 2.32. The number of carbonyl (C=O) groups is 1. The van der Waals surface area contributed by atoms with Crippen molar-refractivity contribution >= 4 is 23.2 Å². The Morgan fingerprint density at radius 3 is 2.59 bits per heavy atom. The summed E-state index contributed by atoms with van der Waals surface area (Å²) in [6, 6.07) is 18.6. The number of benzene rings is 2. The van der Waals surface area contributed by atoms with E-state index in [-0.39, 0.29) is 12.7 Å². The third-order valence-corrected chi connectivity index (χ3v) is 4.19. The Bertz CT molecular complexity index is 945. The molecule has 0 atom stereocenters. The Kier molecular flexibility index (Phi) is 4.57. The molecule has 0 bridgehead atoms. The quantitative estimate of drug-likeness (QED) is 0.747. The highest BCUT2D eigenvalue weighted by atomic mass is 16.7. The van der Waals surface area contributed by atoms with Crippen LogP contribution < -0.4 is 19.7 Å². The number of aromatic nitrogens is 2. The molecule has 0 fully saturated rings. The SMILES string of the molecule is CCN(c1ccccc1)c1ccc(NC(=O)c2ccc3c(c2)OCO3)nn1. The number of ether oxygens (including phenoxy) is 2. The Balaban J connectivity index is 1.48. The van der Waals surface area contributed by atoms with Crippen molar-refractivity contribution < 1.29 is 14.3 Å². The first-order chi connectivity index (χ1) is 13.2. The largest absolute Gasteiger partial charge is 0.454 e. The molecule has 136 valence electrons. The van der Waals surface area contributed by atoms with Crippen molar-refractivity contribution in [2.45, 2.75) is 6.92 Å². The lowest BCUT2D eigenvalue weighted by Gasteiger charge is -2.21. The molecule has 0 spiro atoms. The summed E-state index contributed by atoms with van der Waals surface area (Å²) in [5.74, 6) is 2.00. The van der Waals surface area contributed by atoms with Crippen LogP contribution in [0.3, 0.4) is 0 Å². The van der Waals surface area contributed by atoms with Gasteiger partial charge in [0.1, 0.15) is 0 Å². The summed E-state index contributed by atoms with van der Waals surface area (Å²) in [6.45, 7) is 2.97. The lowest BCUT2D eigenvalue weighted by molar-refractivity contribution is 0.102. The lowest BCUT2D eigenvalue weighted by atomic mass is 10.2. The van der Waals surface area contributed by atoms with Gasteiger partial charge in [-0.1, -0.05) is 18.2 Å². The van der Waals surface area contributed by atoms with Gasteiger partial charge in [0.25, 0.3) is 5.91 Å². The molecule has 2 heterocycles. The predicted octanol–water partition coefficient (Wildman–Crippen LogP) is 3.62. The van der Waals surface area contributed by atoms with Crippen molar-refractivity contribution in [2.24, 2.45) is 0 Å². The number of nitrogens with one attached hydrogen (secondary N) is 1. The van der Waals surface area contributed by atoms with Gasteiger partial charge in [0.15, 0.2) is 23.1 Å². The molecule has 1 N–H and O–H groups in total. The fraction of sp³-hybridized carbons (Fsp3) is 0.150. The van der Waals surface area contributed by atoms with E-state index < -0.39 is 0 Å². The predicted molar refractivity (Wildman–Crippen MR) is 102 cm³/mol. The molecule has 0 radical (unpaired) electrons. The molecule has 0 saturated heterocycles. The van der Waals surface area contributed by atoms with Crippen LogP contribution in [-0.2, 0) is 0 Å². The van der Waals surface area contributed by atoms with Crippen LogP contribution in [0.25, 0.3) is 0 Å². The third kappa shape index (κ3) is 3.52. The number of hydrogen-bond acceptors (Lipinski definition) is 6. The van der Waals surface area contributed by atoms with Gasteiger partial charge < -0.3 is 19.7 Å². The van der Waals surface area contributed by atoms with E-state index in [1.165, 1.54) is 0 Å². The average Bonchev–Trinajstić information content (AvgIpc) is 3.18. The maximum Gasteiger partial charge on any atom is 0.257 e. The molecule has 1 aliphatic heterocycles. The first-order valence-electron chi connectivity index (χ1n) is 8.62. The van der Waals surface area contributed by atoms with E-state index in [2.05, 4.69) is 15.5 Å². The number of carbonyl (C=O) groups excluding carboxylic acids is 1.